The van der Waals surface area contributed by atoms with Gasteiger partial charge in [0.2, 0.25) is 0 Å². The van der Waals surface area contributed by atoms with Crippen LogP contribution in [0.3, 0.4) is 0 Å². The van der Waals surface area contributed by atoms with Crippen molar-refractivity contribution in [1.29, 1.82) is 0 Å². The van der Waals surface area contributed by atoms with Crippen LogP contribution in [0.15, 0.2) is 47.5 Å². The molecule has 1 aromatic heterocycles. The fourth-order valence-corrected chi connectivity index (χ4v) is 4.34. The van der Waals surface area contributed by atoms with Gasteiger partial charge in [-0.05, 0) is 29.9 Å². The van der Waals surface area contributed by atoms with Crippen LogP contribution in [0.25, 0.3) is 10.2 Å². The van der Waals surface area contributed by atoms with Crippen LogP contribution in [0.1, 0.15) is 18.1 Å². The predicted molar refractivity (Wildman–Crippen MR) is 115 cm³/mol. The lowest BCUT2D eigenvalue weighted by Gasteiger charge is -2.04. The van der Waals surface area contributed by atoms with E-state index in [0.717, 1.165) is 28.0 Å². The van der Waals surface area contributed by atoms with Crippen LogP contribution in [0.4, 0.5) is 5.69 Å². The molecule has 8 heteroatoms. The van der Waals surface area contributed by atoms with Crippen LogP contribution in [0.2, 0.25) is 0 Å². The number of non-ortho nitro benzene ring substituents is 1. The molecule has 0 saturated heterocycles. The van der Waals surface area contributed by atoms with Crippen molar-refractivity contribution in [3.63, 3.8) is 0 Å². The summed E-state index contributed by atoms with van der Waals surface area (Å²) in [6.45, 7) is 2.78. The minimum Gasteiger partial charge on any atom is -0.316 e. The first kappa shape index (κ1) is 20.3. The second kappa shape index (κ2) is 9.16. The topological polar surface area (TPSA) is 77.5 Å². The van der Waals surface area contributed by atoms with E-state index in [2.05, 4.69) is 11.9 Å². The molecule has 0 aliphatic carbocycles. The van der Waals surface area contributed by atoms with Gasteiger partial charge in [-0.1, -0.05) is 42.5 Å². The summed E-state index contributed by atoms with van der Waals surface area (Å²) in [5.74, 6) is 0.645. The monoisotopic (exact) mass is 415 g/mol. The molecule has 0 spiro atoms. The Hall–Kier alpha value is -2.45. The fraction of sp³-hybridized carbons (Fsp3) is 0.300. The van der Waals surface area contributed by atoms with Crippen LogP contribution in [0, 0.1) is 10.1 Å². The second-order valence-corrected chi connectivity index (χ2v) is 8.29. The highest BCUT2D eigenvalue weighted by Crippen LogP contribution is 2.23. The number of carbonyl (C=O) groups excluding carboxylic acids is 1. The zero-order chi connectivity index (χ0) is 20.1. The average Bonchev–Trinajstić information content (AvgIpc) is 3.02. The van der Waals surface area contributed by atoms with E-state index in [0.29, 0.717) is 11.3 Å². The van der Waals surface area contributed by atoms with E-state index in [9.17, 15) is 14.9 Å². The van der Waals surface area contributed by atoms with Crippen molar-refractivity contribution in [2.75, 3.05) is 12.0 Å². The van der Waals surface area contributed by atoms with E-state index in [1.54, 1.807) is 23.9 Å². The molecule has 2 aromatic carbocycles. The smallest absolute Gasteiger partial charge is 0.270 e. The molecule has 146 valence electrons. The molecule has 0 aliphatic rings. The number of aromatic nitrogens is 1. The average molecular weight is 416 g/mol. The summed E-state index contributed by atoms with van der Waals surface area (Å²) in [4.78, 5) is 28.1. The van der Waals surface area contributed by atoms with Gasteiger partial charge in [-0.3, -0.25) is 14.9 Å². The number of hydrogen-bond donors (Lipinski definition) is 0. The third kappa shape index (κ3) is 4.69. The van der Waals surface area contributed by atoms with Crippen LogP contribution < -0.4 is 4.80 Å². The van der Waals surface area contributed by atoms with E-state index in [4.69, 9.17) is 0 Å². The molecule has 1 amide bonds. The first-order valence-corrected chi connectivity index (χ1v) is 11.1. The molecule has 6 nitrogen and oxygen atoms in total. The minimum atomic E-state index is -0.409. The Labute approximate surface area is 171 Å². The Morgan fingerprint density at radius 3 is 2.57 bits per heavy atom. The molecule has 1 heterocycles. The van der Waals surface area contributed by atoms with E-state index >= 15 is 0 Å². The number of thioether (sulfide) groups is 1. The van der Waals surface area contributed by atoms with Gasteiger partial charge >= 0.3 is 0 Å². The van der Waals surface area contributed by atoms with Crippen molar-refractivity contribution in [3.05, 3.63) is 68.5 Å². The van der Waals surface area contributed by atoms with Crippen molar-refractivity contribution < 1.29 is 9.72 Å². The number of fused-ring (bicyclic) bond motifs is 1. The van der Waals surface area contributed by atoms with Gasteiger partial charge in [0.1, 0.15) is 0 Å². The number of rotatable bonds is 7. The number of nitrogens with zero attached hydrogens (tertiary/aromatic N) is 3. The lowest BCUT2D eigenvalue weighted by Crippen LogP contribution is -2.18. The standard InChI is InChI=1S/C20H21N3O3S2/c1-3-14-4-6-15(7-5-14)12-19(24)21-20-22(10-11-27-2)17-9-8-16(23(25)26)13-18(17)28-20/h4-9,13H,3,10-12H2,1-2H3. The summed E-state index contributed by atoms with van der Waals surface area (Å²) < 4.78 is 2.73. The second-order valence-electron chi connectivity index (χ2n) is 6.29. The number of amides is 1. The summed E-state index contributed by atoms with van der Waals surface area (Å²) in [5.41, 5.74) is 3.07. The summed E-state index contributed by atoms with van der Waals surface area (Å²) in [5, 5.41) is 11.1. The van der Waals surface area contributed by atoms with Gasteiger partial charge in [0.15, 0.2) is 4.80 Å². The van der Waals surface area contributed by atoms with Crippen molar-refractivity contribution in [3.8, 4) is 0 Å². The summed E-state index contributed by atoms with van der Waals surface area (Å²) >= 11 is 3.01. The molecule has 0 aliphatic heterocycles. The number of nitro benzene ring substituents is 1. The molecule has 0 atom stereocenters. The molecule has 28 heavy (non-hydrogen) atoms. The van der Waals surface area contributed by atoms with Gasteiger partial charge in [-0.15, -0.1) is 0 Å². The van der Waals surface area contributed by atoms with E-state index in [-0.39, 0.29) is 18.0 Å². The molecule has 0 bridgehead atoms. The molecule has 0 unspecified atom stereocenters. The lowest BCUT2D eigenvalue weighted by atomic mass is 10.1. The zero-order valence-corrected chi connectivity index (χ0v) is 17.4. The SMILES string of the molecule is CCc1ccc(CC(=O)N=c2sc3cc([N+](=O)[O-])ccc3n2CCSC)cc1. The largest absolute Gasteiger partial charge is 0.316 e. The lowest BCUT2D eigenvalue weighted by molar-refractivity contribution is -0.384. The van der Waals surface area contributed by atoms with Crippen LogP contribution in [-0.4, -0.2) is 27.4 Å². The summed E-state index contributed by atoms with van der Waals surface area (Å²) in [7, 11) is 0. The normalized spacial score (nSPS) is 11.9. The fourth-order valence-electron chi connectivity index (χ4n) is 2.87. The highest BCUT2D eigenvalue weighted by atomic mass is 32.2. The van der Waals surface area contributed by atoms with Crippen molar-refractivity contribution >= 4 is 44.9 Å². The van der Waals surface area contributed by atoms with E-state index < -0.39 is 4.92 Å². The highest BCUT2D eigenvalue weighted by Gasteiger charge is 2.13. The highest BCUT2D eigenvalue weighted by molar-refractivity contribution is 7.98. The first-order chi connectivity index (χ1) is 13.5. The molecule has 0 N–H and O–H groups in total. The molecular formula is C20H21N3O3S2. The number of carbonyl (C=O) groups is 1. The predicted octanol–water partition coefficient (Wildman–Crippen LogP) is 4.21. The van der Waals surface area contributed by atoms with E-state index in [1.165, 1.54) is 23.0 Å². The Morgan fingerprint density at radius 1 is 1.21 bits per heavy atom. The summed E-state index contributed by atoms with van der Waals surface area (Å²) in [6, 6.07) is 12.7. The van der Waals surface area contributed by atoms with Crippen LogP contribution in [-0.2, 0) is 24.2 Å². The first-order valence-electron chi connectivity index (χ1n) is 8.94. The molecular weight excluding hydrogens is 394 g/mol. The Morgan fingerprint density at radius 2 is 1.93 bits per heavy atom. The van der Waals surface area contributed by atoms with Gasteiger partial charge < -0.3 is 4.57 Å². The summed E-state index contributed by atoms with van der Waals surface area (Å²) in [6.07, 6.45) is 3.21. The molecule has 3 aromatic rings. The van der Waals surface area contributed by atoms with Gasteiger partial charge in [-0.2, -0.15) is 16.8 Å². The maximum Gasteiger partial charge on any atom is 0.270 e. The van der Waals surface area contributed by atoms with Gasteiger partial charge in [0.05, 0.1) is 21.6 Å². The zero-order valence-electron chi connectivity index (χ0n) is 15.8. The van der Waals surface area contributed by atoms with Gasteiger partial charge in [-0.25, -0.2) is 0 Å². The number of hydrogen-bond acceptors (Lipinski definition) is 5. The van der Waals surface area contributed by atoms with Gasteiger partial charge in [0, 0.05) is 24.4 Å². The molecule has 0 radical (unpaired) electrons. The number of thiazole rings is 1. The minimum absolute atomic E-state index is 0.0413. The maximum atomic E-state index is 12.5. The maximum absolute atomic E-state index is 12.5. The molecule has 0 fully saturated rings. The Kier molecular flexibility index (Phi) is 6.64. The van der Waals surface area contributed by atoms with Crippen molar-refractivity contribution in [2.45, 2.75) is 26.3 Å². The Balaban J connectivity index is 1.96. The number of benzene rings is 2. The third-order valence-electron chi connectivity index (χ3n) is 4.40. The third-order valence-corrected chi connectivity index (χ3v) is 6.04. The number of nitro groups is 1. The Bertz CT molecular complexity index is 1070. The van der Waals surface area contributed by atoms with Crippen LogP contribution in [0.5, 0.6) is 0 Å². The van der Waals surface area contributed by atoms with Crippen LogP contribution >= 0.6 is 23.1 Å². The molecule has 3 rings (SSSR count). The quantitative estimate of drug-likeness (QED) is 0.428. The van der Waals surface area contributed by atoms with E-state index in [1.807, 2.05) is 35.1 Å². The molecule has 0 saturated carbocycles. The number of aryl methyl sites for hydroxylation is 2. The van der Waals surface area contributed by atoms with Crippen molar-refractivity contribution in [1.82, 2.24) is 4.57 Å². The van der Waals surface area contributed by atoms with Gasteiger partial charge in [0.25, 0.3) is 11.6 Å². The van der Waals surface area contributed by atoms with Crippen molar-refractivity contribution in [2.24, 2.45) is 4.99 Å².